The number of nitrogens with zero attached hydrogens (tertiary/aromatic N) is 1. The summed E-state index contributed by atoms with van der Waals surface area (Å²) in [6.45, 7) is 5.38. The molecule has 1 fully saturated rings. The van der Waals surface area contributed by atoms with Gasteiger partial charge in [-0.15, -0.1) is 12.4 Å². The van der Waals surface area contributed by atoms with Crippen molar-refractivity contribution in [2.24, 2.45) is 0 Å². The van der Waals surface area contributed by atoms with Gasteiger partial charge in [0.05, 0.1) is 13.0 Å². The molecule has 1 N–H and O–H groups in total. The second kappa shape index (κ2) is 11.7. The molecule has 4 nitrogen and oxygen atoms in total. The zero-order chi connectivity index (χ0) is 18.9. The molecular formula is C23H31ClN2O2. The molecule has 1 aliphatic rings. The molecule has 0 bridgehead atoms. The van der Waals surface area contributed by atoms with E-state index >= 15 is 0 Å². The summed E-state index contributed by atoms with van der Waals surface area (Å²) in [6.07, 6.45) is 3.51. The normalized spacial score (nSPS) is 14.2. The third-order valence-electron chi connectivity index (χ3n) is 5.08. The lowest BCUT2D eigenvalue weighted by atomic mass is 10.0. The zero-order valence-electron chi connectivity index (χ0n) is 16.6. The molecule has 3 rings (SSSR count). The second-order valence-electron chi connectivity index (χ2n) is 7.03. The quantitative estimate of drug-likeness (QED) is 0.705. The van der Waals surface area contributed by atoms with Gasteiger partial charge in [-0.2, -0.15) is 0 Å². The highest BCUT2D eigenvalue weighted by Crippen LogP contribution is 2.29. The topological polar surface area (TPSA) is 41.6 Å². The van der Waals surface area contributed by atoms with Crippen molar-refractivity contribution in [1.82, 2.24) is 10.2 Å². The van der Waals surface area contributed by atoms with Gasteiger partial charge in [-0.05, 0) is 44.0 Å². The molecule has 0 saturated carbocycles. The van der Waals surface area contributed by atoms with E-state index in [1.165, 1.54) is 0 Å². The van der Waals surface area contributed by atoms with E-state index in [9.17, 15) is 4.79 Å². The van der Waals surface area contributed by atoms with Crippen molar-refractivity contribution in [3.05, 3.63) is 54.6 Å². The molecule has 5 heteroatoms. The molecule has 2 aromatic rings. The lowest BCUT2D eigenvalue weighted by Gasteiger charge is -2.34. The molecule has 0 aliphatic carbocycles. The summed E-state index contributed by atoms with van der Waals surface area (Å²) in [5.41, 5.74) is 2.19. The summed E-state index contributed by atoms with van der Waals surface area (Å²) >= 11 is 0. The van der Waals surface area contributed by atoms with Crippen LogP contribution in [0.5, 0.6) is 5.75 Å². The number of benzene rings is 2. The van der Waals surface area contributed by atoms with Crippen LogP contribution in [0, 0.1) is 0 Å². The summed E-state index contributed by atoms with van der Waals surface area (Å²) in [6, 6.07) is 18.6. The fraction of sp³-hybridized carbons (Fsp3) is 0.435. The van der Waals surface area contributed by atoms with Crippen molar-refractivity contribution in [1.29, 1.82) is 0 Å². The Morgan fingerprint density at radius 3 is 2.46 bits per heavy atom. The standard InChI is InChI=1S/C23H30N2O2.ClH/c1-2-17-25(20-12-15-24-16-13-20)23(26)14-18-27-22-11-7-6-10-21(22)19-8-4-3-5-9-19;/h3-11,20,24H,2,12-18H2,1H3;1H. The molecule has 1 amide bonds. The first-order chi connectivity index (χ1) is 13.3. The number of para-hydroxylation sites is 1. The summed E-state index contributed by atoms with van der Waals surface area (Å²) in [4.78, 5) is 14.9. The molecule has 0 spiro atoms. The number of amides is 1. The van der Waals surface area contributed by atoms with Gasteiger partial charge in [-0.1, -0.05) is 55.5 Å². The van der Waals surface area contributed by atoms with Gasteiger partial charge in [0, 0.05) is 18.2 Å². The van der Waals surface area contributed by atoms with Crippen molar-refractivity contribution >= 4 is 18.3 Å². The van der Waals surface area contributed by atoms with Gasteiger partial charge >= 0.3 is 0 Å². The van der Waals surface area contributed by atoms with Crippen LogP contribution in [0.25, 0.3) is 11.1 Å². The van der Waals surface area contributed by atoms with E-state index in [4.69, 9.17) is 4.74 Å². The largest absolute Gasteiger partial charge is 0.492 e. The van der Waals surface area contributed by atoms with Gasteiger partial charge in [0.1, 0.15) is 5.75 Å². The minimum Gasteiger partial charge on any atom is -0.492 e. The highest BCUT2D eigenvalue weighted by Gasteiger charge is 2.24. The van der Waals surface area contributed by atoms with Gasteiger partial charge < -0.3 is 15.0 Å². The van der Waals surface area contributed by atoms with Crippen LogP contribution in [0.1, 0.15) is 32.6 Å². The van der Waals surface area contributed by atoms with Crippen molar-refractivity contribution in [2.75, 3.05) is 26.2 Å². The van der Waals surface area contributed by atoms with Crippen LogP contribution in [-0.4, -0.2) is 43.1 Å². The molecule has 152 valence electrons. The first kappa shape index (κ1) is 22.3. The second-order valence-corrected chi connectivity index (χ2v) is 7.03. The maximum absolute atomic E-state index is 12.8. The van der Waals surface area contributed by atoms with Gasteiger partial charge in [-0.3, -0.25) is 4.79 Å². The molecule has 0 radical (unpaired) electrons. The number of hydrogen-bond donors (Lipinski definition) is 1. The molecule has 0 aromatic heterocycles. The monoisotopic (exact) mass is 402 g/mol. The minimum absolute atomic E-state index is 0. The third kappa shape index (κ3) is 5.98. The van der Waals surface area contributed by atoms with E-state index in [-0.39, 0.29) is 18.3 Å². The molecule has 1 saturated heterocycles. The first-order valence-corrected chi connectivity index (χ1v) is 10.1. The Balaban J connectivity index is 0.00000280. The van der Waals surface area contributed by atoms with Crippen LogP contribution in [0.4, 0.5) is 0 Å². The Bertz CT molecular complexity index is 718. The van der Waals surface area contributed by atoms with Crippen LogP contribution in [0.2, 0.25) is 0 Å². The van der Waals surface area contributed by atoms with Crippen LogP contribution in [0.3, 0.4) is 0 Å². The van der Waals surface area contributed by atoms with Crippen LogP contribution >= 0.6 is 12.4 Å². The van der Waals surface area contributed by atoms with Crippen molar-refractivity contribution in [2.45, 2.75) is 38.6 Å². The van der Waals surface area contributed by atoms with E-state index in [0.29, 0.717) is 19.1 Å². The van der Waals surface area contributed by atoms with E-state index in [0.717, 1.165) is 55.8 Å². The van der Waals surface area contributed by atoms with Crippen molar-refractivity contribution < 1.29 is 9.53 Å². The zero-order valence-corrected chi connectivity index (χ0v) is 17.4. The predicted octanol–water partition coefficient (Wildman–Crippen LogP) is 4.53. The number of piperidine rings is 1. The molecule has 0 atom stereocenters. The molecule has 1 heterocycles. The molecule has 1 aliphatic heterocycles. The lowest BCUT2D eigenvalue weighted by Crippen LogP contribution is -2.46. The number of hydrogen-bond acceptors (Lipinski definition) is 3. The Morgan fingerprint density at radius 2 is 1.75 bits per heavy atom. The maximum Gasteiger partial charge on any atom is 0.226 e. The minimum atomic E-state index is 0. The average molecular weight is 403 g/mol. The molecular weight excluding hydrogens is 372 g/mol. The van der Waals surface area contributed by atoms with Gasteiger partial charge in [0.2, 0.25) is 5.91 Å². The average Bonchev–Trinajstić information content (AvgIpc) is 2.73. The Hall–Kier alpha value is -2.04. The van der Waals surface area contributed by atoms with E-state index in [1.807, 2.05) is 36.4 Å². The number of halogens is 1. The fourth-order valence-corrected chi connectivity index (χ4v) is 3.71. The fourth-order valence-electron chi connectivity index (χ4n) is 3.71. The van der Waals surface area contributed by atoms with E-state index in [1.54, 1.807) is 0 Å². The lowest BCUT2D eigenvalue weighted by molar-refractivity contribution is -0.134. The molecule has 0 unspecified atom stereocenters. The van der Waals surface area contributed by atoms with Crippen LogP contribution in [0.15, 0.2) is 54.6 Å². The Kier molecular flexibility index (Phi) is 9.32. The highest BCUT2D eigenvalue weighted by molar-refractivity contribution is 5.85. The number of nitrogens with one attached hydrogen (secondary N) is 1. The summed E-state index contributed by atoms with van der Waals surface area (Å²) in [5.74, 6) is 1.04. The summed E-state index contributed by atoms with van der Waals surface area (Å²) in [7, 11) is 0. The van der Waals surface area contributed by atoms with Crippen molar-refractivity contribution in [3.8, 4) is 16.9 Å². The van der Waals surface area contributed by atoms with Gasteiger partial charge in [0.15, 0.2) is 0 Å². The van der Waals surface area contributed by atoms with Crippen LogP contribution in [-0.2, 0) is 4.79 Å². The van der Waals surface area contributed by atoms with Gasteiger partial charge in [-0.25, -0.2) is 0 Å². The number of carbonyl (C=O) groups excluding carboxylic acids is 1. The van der Waals surface area contributed by atoms with Crippen LogP contribution < -0.4 is 10.1 Å². The molecule has 28 heavy (non-hydrogen) atoms. The number of ether oxygens (including phenoxy) is 1. The summed E-state index contributed by atoms with van der Waals surface area (Å²) < 4.78 is 6.02. The number of rotatable bonds is 8. The maximum atomic E-state index is 12.8. The van der Waals surface area contributed by atoms with Crippen molar-refractivity contribution in [3.63, 3.8) is 0 Å². The highest BCUT2D eigenvalue weighted by atomic mass is 35.5. The SMILES string of the molecule is CCCN(C(=O)CCOc1ccccc1-c1ccccc1)C1CCNCC1.Cl. The molecule has 2 aromatic carbocycles. The van der Waals surface area contributed by atoms with Gasteiger partial charge in [0.25, 0.3) is 0 Å². The van der Waals surface area contributed by atoms with E-state index in [2.05, 4.69) is 35.3 Å². The predicted molar refractivity (Wildman–Crippen MR) is 117 cm³/mol. The smallest absolute Gasteiger partial charge is 0.226 e. The number of carbonyl (C=O) groups is 1. The summed E-state index contributed by atoms with van der Waals surface area (Å²) in [5, 5.41) is 3.37. The first-order valence-electron chi connectivity index (χ1n) is 10.1. The third-order valence-corrected chi connectivity index (χ3v) is 5.08. The Morgan fingerprint density at radius 1 is 1.07 bits per heavy atom. The van der Waals surface area contributed by atoms with E-state index < -0.39 is 0 Å². The Labute approximate surface area is 174 Å².